The largest absolute Gasteiger partial charge is 0.494 e. The molecule has 2 aromatic rings. The van der Waals surface area contributed by atoms with E-state index < -0.39 is 0 Å². The molecule has 3 rings (SSSR count). The number of likely N-dealkylation sites (tertiary alicyclic amines) is 1. The number of aromatic nitrogens is 1. The molecule has 8 heteroatoms. The second-order valence-electron chi connectivity index (χ2n) is 5.55. The summed E-state index contributed by atoms with van der Waals surface area (Å²) in [6.07, 6.45) is 2.34. The molecule has 2 heterocycles. The summed E-state index contributed by atoms with van der Waals surface area (Å²) in [5.74, 6) is 0.940. The zero-order valence-electron chi connectivity index (χ0n) is 13.5. The predicted octanol–water partition coefficient (Wildman–Crippen LogP) is 4.08. The zero-order chi connectivity index (χ0) is 17.8. The Morgan fingerprint density at radius 2 is 2.08 bits per heavy atom. The average Bonchev–Trinajstić information content (AvgIpc) is 3.04. The summed E-state index contributed by atoms with van der Waals surface area (Å²) < 4.78 is 10.9. The minimum atomic E-state index is -0.232. The molecular formula is C17H17Cl2N3O3. The first-order valence-electron chi connectivity index (χ1n) is 7.73. The highest BCUT2D eigenvalue weighted by Gasteiger charge is 2.28. The number of carbonyl (C=O) groups excluding carboxylic acids is 1. The van der Waals surface area contributed by atoms with E-state index in [1.165, 1.54) is 7.11 Å². The van der Waals surface area contributed by atoms with Crippen LogP contribution in [0.4, 0.5) is 10.5 Å². The molecule has 6 nitrogen and oxygen atoms in total. The maximum atomic E-state index is 12.4. The smallest absolute Gasteiger partial charge is 0.321 e. The summed E-state index contributed by atoms with van der Waals surface area (Å²) in [5.41, 5.74) is 0.509. The number of urea groups is 1. The Labute approximate surface area is 155 Å². The molecule has 1 aliphatic heterocycles. The molecule has 1 fully saturated rings. The van der Waals surface area contributed by atoms with E-state index in [2.05, 4.69) is 10.3 Å². The predicted molar refractivity (Wildman–Crippen MR) is 96.9 cm³/mol. The zero-order valence-corrected chi connectivity index (χ0v) is 15.0. The van der Waals surface area contributed by atoms with Crippen LogP contribution in [-0.2, 0) is 0 Å². The van der Waals surface area contributed by atoms with Gasteiger partial charge in [-0.25, -0.2) is 9.78 Å². The Morgan fingerprint density at radius 3 is 2.72 bits per heavy atom. The van der Waals surface area contributed by atoms with Crippen molar-refractivity contribution in [2.75, 3.05) is 25.5 Å². The normalized spacial score (nSPS) is 16.6. The van der Waals surface area contributed by atoms with Crippen molar-refractivity contribution < 1.29 is 14.3 Å². The molecule has 1 atom stereocenters. The molecule has 1 aliphatic rings. The summed E-state index contributed by atoms with van der Waals surface area (Å²) in [4.78, 5) is 18.2. The van der Waals surface area contributed by atoms with Gasteiger partial charge in [0, 0.05) is 30.9 Å². The van der Waals surface area contributed by atoms with Gasteiger partial charge in [-0.15, -0.1) is 0 Å². The standard InChI is InChI=1S/C17H17Cl2N3O3/c1-24-16-13(18)8-11(9-14(16)19)21-17(23)22-7-5-12(10-22)25-15-4-2-3-6-20-15/h2-4,6,8-9,12H,5,7,10H2,1H3,(H,21,23). The topological polar surface area (TPSA) is 63.7 Å². The molecule has 0 saturated carbocycles. The van der Waals surface area contributed by atoms with Gasteiger partial charge in [0.05, 0.1) is 23.7 Å². The van der Waals surface area contributed by atoms with Gasteiger partial charge in [0.1, 0.15) is 6.10 Å². The van der Waals surface area contributed by atoms with Crippen molar-refractivity contribution in [3.8, 4) is 11.6 Å². The fourth-order valence-corrected chi connectivity index (χ4v) is 3.27. The van der Waals surface area contributed by atoms with Crippen LogP contribution in [0.5, 0.6) is 11.6 Å². The molecular weight excluding hydrogens is 365 g/mol. The van der Waals surface area contributed by atoms with Crippen LogP contribution in [0.15, 0.2) is 36.5 Å². The number of nitrogens with one attached hydrogen (secondary N) is 1. The lowest BCUT2D eigenvalue weighted by Crippen LogP contribution is -2.34. The Kier molecular flexibility index (Phi) is 5.50. The van der Waals surface area contributed by atoms with E-state index in [1.807, 2.05) is 12.1 Å². The van der Waals surface area contributed by atoms with Crippen molar-refractivity contribution in [1.29, 1.82) is 0 Å². The number of anilines is 1. The van der Waals surface area contributed by atoms with Gasteiger partial charge in [-0.05, 0) is 18.2 Å². The molecule has 1 saturated heterocycles. The Balaban J connectivity index is 1.59. The number of pyridine rings is 1. The number of hydrogen-bond donors (Lipinski definition) is 1. The van der Waals surface area contributed by atoms with Gasteiger partial charge in [-0.3, -0.25) is 0 Å². The van der Waals surface area contributed by atoms with Crippen molar-refractivity contribution in [3.05, 3.63) is 46.6 Å². The Bertz CT molecular complexity index is 735. The fourth-order valence-electron chi connectivity index (χ4n) is 2.63. The summed E-state index contributed by atoms with van der Waals surface area (Å²) >= 11 is 12.2. The maximum absolute atomic E-state index is 12.4. The molecule has 1 aromatic carbocycles. The van der Waals surface area contributed by atoms with Crippen LogP contribution >= 0.6 is 23.2 Å². The molecule has 0 spiro atoms. The lowest BCUT2D eigenvalue weighted by Gasteiger charge is -2.18. The van der Waals surface area contributed by atoms with E-state index in [-0.39, 0.29) is 12.1 Å². The van der Waals surface area contributed by atoms with Crippen molar-refractivity contribution in [2.45, 2.75) is 12.5 Å². The van der Waals surface area contributed by atoms with Gasteiger partial charge < -0.3 is 19.7 Å². The third-order valence-corrected chi connectivity index (χ3v) is 4.37. The van der Waals surface area contributed by atoms with Crippen LogP contribution in [0.1, 0.15) is 6.42 Å². The fraction of sp³-hybridized carbons (Fsp3) is 0.294. The summed E-state index contributed by atoms with van der Waals surface area (Å²) in [5, 5.41) is 3.46. The van der Waals surface area contributed by atoms with Gasteiger partial charge in [-0.2, -0.15) is 0 Å². The summed E-state index contributed by atoms with van der Waals surface area (Å²) in [6, 6.07) is 8.45. The van der Waals surface area contributed by atoms with E-state index in [4.69, 9.17) is 32.7 Å². The summed E-state index contributed by atoms with van der Waals surface area (Å²) in [7, 11) is 1.48. The third-order valence-electron chi connectivity index (χ3n) is 3.81. The number of methoxy groups -OCH3 is 1. The number of nitrogens with zero attached hydrogens (tertiary/aromatic N) is 2. The lowest BCUT2D eigenvalue weighted by molar-refractivity contribution is 0.190. The van der Waals surface area contributed by atoms with E-state index in [0.717, 1.165) is 6.42 Å². The minimum absolute atomic E-state index is 0.0799. The van der Waals surface area contributed by atoms with E-state index >= 15 is 0 Å². The van der Waals surface area contributed by atoms with E-state index in [9.17, 15) is 4.79 Å². The first-order valence-corrected chi connectivity index (χ1v) is 8.49. The second-order valence-corrected chi connectivity index (χ2v) is 6.36. The number of rotatable bonds is 4. The van der Waals surface area contributed by atoms with Gasteiger partial charge >= 0.3 is 6.03 Å². The molecule has 132 valence electrons. The monoisotopic (exact) mass is 381 g/mol. The maximum Gasteiger partial charge on any atom is 0.321 e. The van der Waals surface area contributed by atoms with Crippen LogP contribution in [0.25, 0.3) is 0 Å². The highest BCUT2D eigenvalue weighted by molar-refractivity contribution is 6.37. The number of benzene rings is 1. The SMILES string of the molecule is COc1c(Cl)cc(NC(=O)N2CCC(Oc3ccccn3)C2)cc1Cl. The lowest BCUT2D eigenvalue weighted by atomic mass is 10.3. The van der Waals surface area contributed by atoms with Gasteiger partial charge in [0.15, 0.2) is 5.75 Å². The van der Waals surface area contributed by atoms with Crippen molar-refractivity contribution in [1.82, 2.24) is 9.88 Å². The molecule has 1 N–H and O–H groups in total. The number of amides is 2. The first kappa shape index (κ1) is 17.6. The molecule has 0 radical (unpaired) electrons. The highest BCUT2D eigenvalue weighted by Crippen LogP contribution is 2.35. The Morgan fingerprint density at radius 1 is 1.32 bits per heavy atom. The van der Waals surface area contributed by atoms with Crippen molar-refractivity contribution in [3.63, 3.8) is 0 Å². The van der Waals surface area contributed by atoms with Crippen LogP contribution in [-0.4, -0.2) is 42.2 Å². The van der Waals surface area contributed by atoms with Crippen molar-refractivity contribution >= 4 is 34.9 Å². The molecule has 2 amide bonds. The molecule has 1 aromatic heterocycles. The Hall–Kier alpha value is -2.18. The third kappa shape index (κ3) is 4.27. The molecule has 25 heavy (non-hydrogen) atoms. The molecule has 0 aliphatic carbocycles. The molecule has 0 bridgehead atoms. The van der Waals surface area contributed by atoms with Gasteiger partial charge in [-0.1, -0.05) is 29.3 Å². The average molecular weight is 382 g/mol. The number of hydrogen-bond acceptors (Lipinski definition) is 4. The summed E-state index contributed by atoms with van der Waals surface area (Å²) in [6.45, 7) is 1.08. The second kappa shape index (κ2) is 7.80. The van der Waals surface area contributed by atoms with Crippen LogP contribution < -0.4 is 14.8 Å². The minimum Gasteiger partial charge on any atom is -0.494 e. The first-order chi connectivity index (χ1) is 12.1. The molecule has 1 unspecified atom stereocenters. The highest BCUT2D eigenvalue weighted by atomic mass is 35.5. The van der Waals surface area contributed by atoms with Crippen molar-refractivity contribution in [2.24, 2.45) is 0 Å². The van der Waals surface area contributed by atoms with Gasteiger partial charge in [0.2, 0.25) is 5.88 Å². The number of carbonyl (C=O) groups is 1. The van der Waals surface area contributed by atoms with Crippen LogP contribution in [0, 0.1) is 0 Å². The van der Waals surface area contributed by atoms with E-state index in [1.54, 1.807) is 29.3 Å². The quantitative estimate of drug-likeness (QED) is 0.866. The number of ether oxygens (including phenoxy) is 2. The van der Waals surface area contributed by atoms with Gasteiger partial charge in [0.25, 0.3) is 0 Å². The van der Waals surface area contributed by atoms with Crippen LogP contribution in [0.3, 0.4) is 0 Å². The number of halogens is 2. The van der Waals surface area contributed by atoms with Crippen LogP contribution in [0.2, 0.25) is 10.0 Å². The van der Waals surface area contributed by atoms with E-state index in [0.29, 0.717) is 40.5 Å².